The molecule has 0 fully saturated rings. The van der Waals surface area contributed by atoms with Gasteiger partial charge in [-0.25, -0.2) is 4.79 Å². The molecule has 1 unspecified atom stereocenters. The molecule has 1 atom stereocenters. The average Bonchev–Trinajstić information content (AvgIpc) is 3.28. The molecule has 5 N–H and O–H groups in total. The number of amides is 2. The fraction of sp³-hybridized carbons (Fsp3) is 0.100. The van der Waals surface area contributed by atoms with Crippen LogP contribution in [0.4, 0.5) is 4.79 Å². The highest BCUT2D eigenvalue weighted by molar-refractivity contribution is 6.31. The lowest BCUT2D eigenvalue weighted by Gasteiger charge is -2.18. The van der Waals surface area contributed by atoms with Crippen LogP contribution < -0.4 is 11.1 Å². The van der Waals surface area contributed by atoms with Gasteiger partial charge >= 0.3 is 6.09 Å². The number of aromatic amines is 2. The smallest absolute Gasteiger partial charge is 0.404 e. The first-order chi connectivity index (χ1) is 13.9. The zero-order valence-corrected chi connectivity index (χ0v) is 16.5. The van der Waals surface area contributed by atoms with Crippen molar-refractivity contribution < 1.29 is 14.3 Å². The molecule has 4 aromatic rings. The van der Waals surface area contributed by atoms with E-state index in [9.17, 15) is 9.59 Å². The number of H-pyrrole nitrogens is 2. The van der Waals surface area contributed by atoms with E-state index in [2.05, 4.69) is 15.3 Å². The number of carbonyl (C=O) groups excluding carboxylic acids is 2. The van der Waals surface area contributed by atoms with Gasteiger partial charge < -0.3 is 25.8 Å². The lowest BCUT2D eigenvalue weighted by molar-refractivity contribution is 0.0901. The lowest BCUT2D eigenvalue weighted by atomic mass is 10.1. The fourth-order valence-corrected chi connectivity index (χ4v) is 3.64. The number of aromatic nitrogens is 2. The summed E-state index contributed by atoms with van der Waals surface area (Å²) in [5.74, 6) is -0.340. The highest BCUT2D eigenvalue weighted by Gasteiger charge is 2.22. The predicted molar refractivity (Wildman–Crippen MR) is 112 cm³/mol. The van der Waals surface area contributed by atoms with Gasteiger partial charge in [0.15, 0.2) is 0 Å². The number of carbonyl (C=O) groups is 2. The first kappa shape index (κ1) is 19.2. The summed E-state index contributed by atoms with van der Waals surface area (Å²) in [5.41, 5.74) is 7.87. The highest BCUT2D eigenvalue weighted by atomic mass is 35.5. The molecule has 0 aliphatic carbocycles. The molecule has 2 heterocycles. The SMILES string of the molecule is NC(=O)OCC(NC(=O)c1c[nH]c2cc(Cl)ccc12)c1c[nH]c2ccc(Cl)cc12. The Labute approximate surface area is 175 Å². The summed E-state index contributed by atoms with van der Waals surface area (Å²) in [6.07, 6.45) is 2.42. The predicted octanol–water partition coefficient (Wildman–Crippen LogP) is 4.52. The molecule has 4 rings (SSSR count). The molecule has 2 aromatic heterocycles. The van der Waals surface area contributed by atoms with E-state index in [0.29, 0.717) is 15.6 Å². The first-order valence-corrected chi connectivity index (χ1v) is 9.44. The Morgan fingerprint density at radius 1 is 1.00 bits per heavy atom. The van der Waals surface area contributed by atoms with Gasteiger partial charge in [0.2, 0.25) is 0 Å². The van der Waals surface area contributed by atoms with Crippen LogP contribution >= 0.6 is 23.2 Å². The molecule has 0 saturated heterocycles. The second kappa shape index (κ2) is 7.69. The summed E-state index contributed by atoms with van der Waals surface area (Å²) in [5, 5.41) is 5.55. The topological polar surface area (TPSA) is 113 Å². The van der Waals surface area contributed by atoms with Gasteiger partial charge in [-0.2, -0.15) is 0 Å². The van der Waals surface area contributed by atoms with Crippen molar-refractivity contribution in [2.45, 2.75) is 6.04 Å². The van der Waals surface area contributed by atoms with Crippen LogP contribution in [-0.2, 0) is 4.74 Å². The van der Waals surface area contributed by atoms with Crippen LogP contribution in [0.3, 0.4) is 0 Å². The molecule has 148 valence electrons. The van der Waals surface area contributed by atoms with Gasteiger partial charge in [-0.05, 0) is 30.3 Å². The van der Waals surface area contributed by atoms with Crippen LogP contribution in [0.25, 0.3) is 21.8 Å². The Morgan fingerprint density at radius 3 is 2.52 bits per heavy atom. The summed E-state index contributed by atoms with van der Waals surface area (Å²) >= 11 is 12.1. The third-order valence-electron chi connectivity index (χ3n) is 4.64. The number of halogens is 2. The number of hydrogen-bond donors (Lipinski definition) is 4. The Bertz CT molecular complexity index is 1230. The third kappa shape index (κ3) is 3.87. The van der Waals surface area contributed by atoms with Gasteiger partial charge in [-0.15, -0.1) is 0 Å². The summed E-state index contributed by atoms with van der Waals surface area (Å²) in [6, 6.07) is 9.95. The normalized spacial score (nSPS) is 12.2. The lowest BCUT2D eigenvalue weighted by Crippen LogP contribution is -2.32. The largest absolute Gasteiger partial charge is 0.447 e. The quantitative estimate of drug-likeness (QED) is 0.373. The van der Waals surface area contributed by atoms with Crippen molar-refractivity contribution in [2.24, 2.45) is 5.73 Å². The minimum Gasteiger partial charge on any atom is -0.447 e. The molecule has 2 aromatic carbocycles. The molecular formula is C20H16Cl2N4O3. The number of benzene rings is 2. The van der Waals surface area contributed by atoms with Crippen molar-refractivity contribution >= 4 is 57.0 Å². The average molecular weight is 431 g/mol. The van der Waals surface area contributed by atoms with Gasteiger partial charge in [0.25, 0.3) is 5.91 Å². The molecule has 7 nitrogen and oxygen atoms in total. The number of fused-ring (bicyclic) bond motifs is 2. The zero-order valence-electron chi connectivity index (χ0n) is 15.0. The highest BCUT2D eigenvalue weighted by Crippen LogP contribution is 2.28. The molecule has 0 aliphatic heterocycles. The van der Waals surface area contributed by atoms with Gasteiger partial charge in [-0.3, -0.25) is 4.79 Å². The summed E-state index contributed by atoms with van der Waals surface area (Å²) in [7, 11) is 0. The van der Waals surface area contributed by atoms with Crippen molar-refractivity contribution in [3.63, 3.8) is 0 Å². The maximum atomic E-state index is 13.0. The van der Waals surface area contributed by atoms with Crippen LogP contribution in [0, 0.1) is 0 Å². The Morgan fingerprint density at radius 2 is 1.72 bits per heavy atom. The van der Waals surface area contributed by atoms with Gasteiger partial charge in [0.1, 0.15) is 6.61 Å². The Kier molecular flexibility index (Phi) is 5.08. The van der Waals surface area contributed by atoms with E-state index in [1.165, 1.54) is 0 Å². The summed E-state index contributed by atoms with van der Waals surface area (Å²) in [4.78, 5) is 30.3. The van der Waals surface area contributed by atoms with Crippen molar-refractivity contribution in [1.29, 1.82) is 0 Å². The number of rotatable bonds is 5. The fourth-order valence-electron chi connectivity index (χ4n) is 3.30. The molecule has 2 amide bonds. The van der Waals surface area contributed by atoms with Crippen molar-refractivity contribution in [3.8, 4) is 0 Å². The molecule has 0 spiro atoms. The molecular weight excluding hydrogens is 415 g/mol. The molecule has 29 heavy (non-hydrogen) atoms. The van der Waals surface area contributed by atoms with Gasteiger partial charge in [-0.1, -0.05) is 29.3 Å². The van der Waals surface area contributed by atoms with Gasteiger partial charge in [0.05, 0.1) is 11.6 Å². The standard InChI is InChI=1S/C20H16Cl2N4O3/c21-10-2-4-16-13(5-10)14(7-24-16)18(9-29-20(23)28)26-19(27)15-8-25-17-6-11(22)1-3-12(15)17/h1-8,18,24-25H,9H2,(H2,23,28)(H,26,27). The second-order valence-electron chi connectivity index (χ2n) is 6.48. The van der Waals surface area contributed by atoms with E-state index < -0.39 is 12.1 Å². The molecule has 0 saturated carbocycles. The van der Waals surface area contributed by atoms with E-state index in [0.717, 1.165) is 27.4 Å². The number of primary amides is 1. The number of hydrogen-bond acceptors (Lipinski definition) is 3. The molecule has 0 bridgehead atoms. The minimum atomic E-state index is -0.927. The van der Waals surface area contributed by atoms with Crippen molar-refractivity contribution in [3.05, 3.63) is 70.0 Å². The van der Waals surface area contributed by atoms with Crippen molar-refractivity contribution in [2.75, 3.05) is 6.61 Å². The number of nitrogens with one attached hydrogen (secondary N) is 3. The van der Waals surface area contributed by atoms with Crippen LogP contribution in [0.1, 0.15) is 22.0 Å². The van der Waals surface area contributed by atoms with Crippen LogP contribution in [0.15, 0.2) is 48.8 Å². The van der Waals surface area contributed by atoms with E-state index in [4.69, 9.17) is 33.7 Å². The van der Waals surface area contributed by atoms with Gasteiger partial charge in [0, 0.05) is 49.8 Å². The van der Waals surface area contributed by atoms with Crippen LogP contribution in [-0.4, -0.2) is 28.6 Å². The monoisotopic (exact) mass is 430 g/mol. The van der Waals surface area contributed by atoms with E-state index >= 15 is 0 Å². The second-order valence-corrected chi connectivity index (χ2v) is 7.36. The molecule has 9 heteroatoms. The zero-order chi connectivity index (χ0) is 20.5. The summed E-state index contributed by atoms with van der Waals surface area (Å²) in [6.45, 7) is -0.130. The third-order valence-corrected chi connectivity index (χ3v) is 5.11. The number of ether oxygens (including phenoxy) is 1. The van der Waals surface area contributed by atoms with Crippen LogP contribution in [0.5, 0.6) is 0 Å². The Hall–Kier alpha value is -3.16. The maximum Gasteiger partial charge on any atom is 0.404 e. The van der Waals surface area contributed by atoms with E-state index in [1.807, 2.05) is 6.07 Å². The number of nitrogens with two attached hydrogens (primary N) is 1. The van der Waals surface area contributed by atoms with E-state index in [1.54, 1.807) is 42.7 Å². The Balaban J connectivity index is 1.68. The minimum absolute atomic E-state index is 0.130. The maximum absolute atomic E-state index is 13.0. The first-order valence-electron chi connectivity index (χ1n) is 8.68. The molecule has 0 aliphatic rings. The van der Waals surface area contributed by atoms with E-state index in [-0.39, 0.29) is 12.5 Å². The molecule has 0 radical (unpaired) electrons. The van der Waals surface area contributed by atoms with Crippen LogP contribution in [0.2, 0.25) is 10.0 Å². The summed E-state index contributed by atoms with van der Waals surface area (Å²) < 4.78 is 4.98. The van der Waals surface area contributed by atoms with Crippen molar-refractivity contribution in [1.82, 2.24) is 15.3 Å².